The molecule has 1 aliphatic rings. The maximum absolute atomic E-state index is 12.1. The summed E-state index contributed by atoms with van der Waals surface area (Å²) in [7, 11) is 0. The van der Waals surface area contributed by atoms with E-state index in [0.717, 1.165) is 19.5 Å². The Morgan fingerprint density at radius 3 is 2.79 bits per heavy atom. The molecule has 5 heteroatoms. The fourth-order valence-corrected chi connectivity index (χ4v) is 1.77. The number of alkyl halides is 3. The van der Waals surface area contributed by atoms with Crippen molar-refractivity contribution in [3.63, 3.8) is 0 Å². The van der Waals surface area contributed by atoms with Crippen LogP contribution in [0, 0.1) is 5.92 Å². The second kappa shape index (κ2) is 4.98. The second-order valence-electron chi connectivity index (χ2n) is 4.01. The van der Waals surface area contributed by atoms with Crippen molar-refractivity contribution < 1.29 is 13.2 Å². The summed E-state index contributed by atoms with van der Waals surface area (Å²) < 4.78 is 36.4. The number of rotatable bonds is 1. The molecule has 0 spiro atoms. The van der Waals surface area contributed by atoms with Gasteiger partial charge in [0.1, 0.15) is 0 Å². The zero-order chi connectivity index (χ0) is 10.6. The molecule has 84 valence electrons. The third-order valence-electron chi connectivity index (χ3n) is 2.29. The van der Waals surface area contributed by atoms with E-state index in [-0.39, 0.29) is 5.92 Å². The molecule has 1 rings (SSSR count). The fraction of sp³-hybridized carbons (Fsp3) is 1.00. The number of nitrogens with zero attached hydrogens (tertiary/aromatic N) is 1. The van der Waals surface area contributed by atoms with E-state index in [0.29, 0.717) is 13.1 Å². The standard InChI is InChI=1S/C9H17F3N2/c1-8-5-13-3-2-4-14(6-8)7-9(10,11)12/h8,13H,2-7H2,1H3. The molecule has 0 aliphatic carbocycles. The largest absolute Gasteiger partial charge is 0.401 e. The highest BCUT2D eigenvalue weighted by Gasteiger charge is 2.31. The van der Waals surface area contributed by atoms with Crippen molar-refractivity contribution in [2.75, 3.05) is 32.7 Å². The molecular weight excluding hydrogens is 193 g/mol. The van der Waals surface area contributed by atoms with Gasteiger partial charge in [-0.1, -0.05) is 6.92 Å². The summed E-state index contributed by atoms with van der Waals surface area (Å²) in [6.45, 7) is 3.91. The van der Waals surface area contributed by atoms with Crippen LogP contribution in [0.2, 0.25) is 0 Å². The highest BCUT2D eigenvalue weighted by molar-refractivity contribution is 4.71. The van der Waals surface area contributed by atoms with Gasteiger partial charge in [0.25, 0.3) is 0 Å². The van der Waals surface area contributed by atoms with Gasteiger partial charge in [-0.3, -0.25) is 4.90 Å². The second-order valence-corrected chi connectivity index (χ2v) is 4.01. The van der Waals surface area contributed by atoms with Crippen molar-refractivity contribution in [1.82, 2.24) is 10.2 Å². The Balaban J connectivity index is 2.40. The lowest BCUT2D eigenvalue weighted by molar-refractivity contribution is -0.147. The molecule has 0 aromatic carbocycles. The zero-order valence-corrected chi connectivity index (χ0v) is 8.40. The lowest BCUT2D eigenvalue weighted by Crippen LogP contribution is -2.42. The summed E-state index contributed by atoms with van der Waals surface area (Å²) in [4.78, 5) is 1.51. The van der Waals surface area contributed by atoms with Crippen LogP contribution in [-0.4, -0.2) is 43.8 Å². The molecule has 0 bridgehead atoms. The molecule has 1 heterocycles. The Labute approximate surface area is 82.5 Å². The molecule has 1 fully saturated rings. The van der Waals surface area contributed by atoms with Gasteiger partial charge in [-0.05, 0) is 32.0 Å². The first-order chi connectivity index (χ1) is 6.47. The molecule has 0 saturated carbocycles. The van der Waals surface area contributed by atoms with Crippen LogP contribution in [0.15, 0.2) is 0 Å². The Bertz CT molecular complexity index is 170. The van der Waals surface area contributed by atoms with Gasteiger partial charge in [-0.25, -0.2) is 0 Å². The third-order valence-corrected chi connectivity index (χ3v) is 2.29. The quantitative estimate of drug-likeness (QED) is 0.705. The van der Waals surface area contributed by atoms with Gasteiger partial charge >= 0.3 is 6.18 Å². The minimum atomic E-state index is -4.06. The maximum Gasteiger partial charge on any atom is 0.401 e. The minimum absolute atomic E-state index is 0.289. The molecule has 0 amide bonds. The van der Waals surface area contributed by atoms with Crippen LogP contribution in [0.25, 0.3) is 0 Å². The number of hydrogen-bond acceptors (Lipinski definition) is 2. The van der Waals surface area contributed by atoms with Crippen LogP contribution in [0.1, 0.15) is 13.3 Å². The molecule has 1 unspecified atom stereocenters. The van der Waals surface area contributed by atoms with E-state index < -0.39 is 12.7 Å². The van der Waals surface area contributed by atoms with Crippen LogP contribution in [-0.2, 0) is 0 Å². The average molecular weight is 210 g/mol. The van der Waals surface area contributed by atoms with Gasteiger partial charge in [0.15, 0.2) is 0 Å². The molecule has 0 radical (unpaired) electrons. The van der Waals surface area contributed by atoms with Crippen molar-refractivity contribution in [1.29, 1.82) is 0 Å². The predicted molar refractivity (Wildman–Crippen MR) is 49.1 cm³/mol. The van der Waals surface area contributed by atoms with E-state index in [1.165, 1.54) is 4.90 Å². The Morgan fingerprint density at radius 2 is 2.14 bits per heavy atom. The number of nitrogens with one attached hydrogen (secondary N) is 1. The molecule has 14 heavy (non-hydrogen) atoms. The zero-order valence-electron chi connectivity index (χ0n) is 8.40. The lowest BCUT2D eigenvalue weighted by atomic mass is 10.1. The maximum atomic E-state index is 12.1. The molecule has 1 atom stereocenters. The van der Waals surface area contributed by atoms with E-state index in [1.54, 1.807) is 0 Å². The van der Waals surface area contributed by atoms with Gasteiger partial charge in [-0.2, -0.15) is 13.2 Å². The van der Waals surface area contributed by atoms with E-state index in [2.05, 4.69) is 5.32 Å². The molecule has 0 aromatic heterocycles. The summed E-state index contributed by atoms with van der Waals surface area (Å²) in [5.41, 5.74) is 0. The predicted octanol–water partition coefficient (Wildman–Crippen LogP) is 1.48. The highest BCUT2D eigenvalue weighted by atomic mass is 19.4. The third kappa shape index (κ3) is 4.81. The van der Waals surface area contributed by atoms with Crippen molar-refractivity contribution in [3.8, 4) is 0 Å². The van der Waals surface area contributed by atoms with Crippen molar-refractivity contribution in [2.45, 2.75) is 19.5 Å². The highest BCUT2D eigenvalue weighted by Crippen LogP contribution is 2.17. The van der Waals surface area contributed by atoms with Gasteiger partial charge in [0.2, 0.25) is 0 Å². The van der Waals surface area contributed by atoms with Crippen LogP contribution in [0.3, 0.4) is 0 Å². The summed E-state index contributed by atoms with van der Waals surface area (Å²) >= 11 is 0. The van der Waals surface area contributed by atoms with Gasteiger partial charge < -0.3 is 5.32 Å². The molecule has 0 aromatic rings. The number of halogens is 3. The fourth-order valence-electron chi connectivity index (χ4n) is 1.77. The normalized spacial score (nSPS) is 27.0. The first-order valence-corrected chi connectivity index (χ1v) is 4.97. The smallest absolute Gasteiger partial charge is 0.316 e. The minimum Gasteiger partial charge on any atom is -0.316 e. The van der Waals surface area contributed by atoms with Crippen LogP contribution >= 0.6 is 0 Å². The van der Waals surface area contributed by atoms with Crippen molar-refractivity contribution in [3.05, 3.63) is 0 Å². The molecule has 2 nitrogen and oxygen atoms in total. The monoisotopic (exact) mass is 210 g/mol. The van der Waals surface area contributed by atoms with Gasteiger partial charge in [-0.15, -0.1) is 0 Å². The topological polar surface area (TPSA) is 15.3 Å². The van der Waals surface area contributed by atoms with Gasteiger partial charge in [0.05, 0.1) is 6.54 Å². The number of hydrogen-bond donors (Lipinski definition) is 1. The molecule has 1 N–H and O–H groups in total. The lowest BCUT2D eigenvalue weighted by Gasteiger charge is -2.29. The SMILES string of the molecule is CC1CNCCCN(CC(F)(F)F)C1. The summed E-state index contributed by atoms with van der Waals surface area (Å²) in [5.74, 6) is 0.289. The Hall–Kier alpha value is -0.290. The van der Waals surface area contributed by atoms with E-state index in [9.17, 15) is 13.2 Å². The van der Waals surface area contributed by atoms with E-state index in [4.69, 9.17) is 0 Å². The Morgan fingerprint density at radius 1 is 1.43 bits per heavy atom. The molecule has 1 saturated heterocycles. The van der Waals surface area contributed by atoms with E-state index >= 15 is 0 Å². The first kappa shape index (κ1) is 11.8. The van der Waals surface area contributed by atoms with Crippen LogP contribution in [0.4, 0.5) is 13.2 Å². The van der Waals surface area contributed by atoms with Crippen LogP contribution in [0.5, 0.6) is 0 Å². The van der Waals surface area contributed by atoms with E-state index in [1.807, 2.05) is 6.92 Å². The Kier molecular flexibility index (Phi) is 4.19. The summed E-state index contributed by atoms with van der Waals surface area (Å²) in [6.07, 6.45) is -3.27. The molecular formula is C9H17F3N2. The van der Waals surface area contributed by atoms with Crippen LogP contribution < -0.4 is 5.32 Å². The van der Waals surface area contributed by atoms with Crippen molar-refractivity contribution in [2.24, 2.45) is 5.92 Å². The van der Waals surface area contributed by atoms with Crippen molar-refractivity contribution >= 4 is 0 Å². The van der Waals surface area contributed by atoms with Gasteiger partial charge in [0, 0.05) is 6.54 Å². The molecule has 1 aliphatic heterocycles. The summed E-state index contributed by atoms with van der Waals surface area (Å²) in [6, 6.07) is 0. The average Bonchev–Trinajstić information content (AvgIpc) is 1.96. The first-order valence-electron chi connectivity index (χ1n) is 4.97. The summed E-state index contributed by atoms with van der Waals surface area (Å²) in [5, 5.41) is 3.21.